The number of anilines is 2. The van der Waals surface area contributed by atoms with Gasteiger partial charge < -0.3 is 10.2 Å². The quantitative estimate of drug-likeness (QED) is 0.447. The number of halogens is 1. The van der Waals surface area contributed by atoms with E-state index in [9.17, 15) is 13.4 Å². The van der Waals surface area contributed by atoms with Crippen molar-refractivity contribution in [3.8, 4) is 11.1 Å². The van der Waals surface area contributed by atoms with Crippen molar-refractivity contribution in [3.63, 3.8) is 0 Å². The zero-order valence-electron chi connectivity index (χ0n) is 19.5. The first-order valence-corrected chi connectivity index (χ1v) is 12.9. The van der Waals surface area contributed by atoms with Gasteiger partial charge in [-0.25, -0.2) is 23.3 Å². The van der Waals surface area contributed by atoms with Crippen molar-refractivity contribution in [1.82, 2.24) is 24.6 Å². The Morgan fingerprint density at radius 1 is 1.06 bits per heavy atom. The predicted molar refractivity (Wildman–Crippen MR) is 132 cm³/mol. The van der Waals surface area contributed by atoms with Crippen LogP contribution in [0.5, 0.6) is 0 Å². The van der Waals surface area contributed by atoms with E-state index < -0.39 is 15.5 Å². The van der Waals surface area contributed by atoms with Gasteiger partial charge in [0.2, 0.25) is 5.91 Å². The topological polar surface area (TPSA) is 117 Å². The number of benzene rings is 1. The SMILES string of the molecule is Cc1cc(S(C)(=N)=O)ncc1-c1cc2cc(Nc3cc4n(n3)CC(=O)N(C)CC4)ncc2cc1F. The second kappa shape index (κ2) is 8.42. The highest BCUT2D eigenvalue weighted by Crippen LogP contribution is 2.31. The maximum absolute atomic E-state index is 15.0. The molecule has 1 unspecified atom stereocenters. The monoisotopic (exact) mass is 493 g/mol. The summed E-state index contributed by atoms with van der Waals surface area (Å²) in [4.78, 5) is 22.4. The van der Waals surface area contributed by atoms with E-state index in [0.29, 0.717) is 46.7 Å². The molecule has 1 aromatic carbocycles. The second-order valence-electron chi connectivity index (χ2n) is 8.80. The van der Waals surface area contributed by atoms with Gasteiger partial charge in [-0.3, -0.25) is 9.48 Å². The lowest BCUT2D eigenvalue weighted by atomic mass is 9.99. The fourth-order valence-corrected chi connectivity index (χ4v) is 4.76. The number of carbonyl (C=O) groups is 1. The van der Waals surface area contributed by atoms with E-state index in [1.165, 1.54) is 18.5 Å². The average Bonchev–Trinajstić information content (AvgIpc) is 3.11. The molecule has 180 valence electrons. The van der Waals surface area contributed by atoms with Crippen molar-refractivity contribution in [1.29, 1.82) is 4.78 Å². The Balaban J connectivity index is 1.47. The van der Waals surface area contributed by atoms with E-state index >= 15 is 0 Å². The maximum atomic E-state index is 15.0. The van der Waals surface area contributed by atoms with Crippen LogP contribution < -0.4 is 5.32 Å². The molecule has 4 aromatic rings. The van der Waals surface area contributed by atoms with Crippen LogP contribution in [0.4, 0.5) is 16.0 Å². The molecular weight excluding hydrogens is 469 g/mol. The van der Waals surface area contributed by atoms with E-state index in [4.69, 9.17) is 4.78 Å². The Morgan fingerprint density at radius 3 is 2.60 bits per heavy atom. The van der Waals surface area contributed by atoms with Gasteiger partial charge in [0.15, 0.2) is 5.82 Å². The summed E-state index contributed by atoms with van der Waals surface area (Å²) >= 11 is 0. The maximum Gasteiger partial charge on any atom is 0.244 e. The number of hydrogen-bond acceptors (Lipinski definition) is 7. The van der Waals surface area contributed by atoms with Crippen molar-refractivity contribution in [2.75, 3.05) is 25.2 Å². The lowest BCUT2D eigenvalue weighted by Crippen LogP contribution is -2.29. The summed E-state index contributed by atoms with van der Waals surface area (Å²) < 4.78 is 36.4. The van der Waals surface area contributed by atoms with E-state index in [1.54, 1.807) is 41.9 Å². The van der Waals surface area contributed by atoms with Crippen molar-refractivity contribution in [2.45, 2.75) is 24.9 Å². The number of nitrogens with one attached hydrogen (secondary N) is 2. The summed E-state index contributed by atoms with van der Waals surface area (Å²) in [5.41, 5.74) is 2.57. The minimum Gasteiger partial charge on any atom is -0.344 e. The molecule has 5 rings (SSSR count). The molecule has 0 saturated carbocycles. The van der Waals surface area contributed by atoms with Gasteiger partial charge in [-0.2, -0.15) is 5.10 Å². The molecule has 0 bridgehead atoms. The van der Waals surface area contributed by atoms with Gasteiger partial charge in [0.1, 0.15) is 23.2 Å². The molecule has 0 radical (unpaired) electrons. The second-order valence-corrected chi connectivity index (χ2v) is 10.9. The first-order chi connectivity index (χ1) is 16.6. The number of pyridine rings is 2. The zero-order valence-corrected chi connectivity index (χ0v) is 20.3. The summed E-state index contributed by atoms with van der Waals surface area (Å²) in [7, 11) is -1.18. The molecule has 1 amide bonds. The first-order valence-electron chi connectivity index (χ1n) is 11.0. The first kappa shape index (κ1) is 22.9. The van der Waals surface area contributed by atoms with Crippen LogP contribution in [-0.2, 0) is 27.5 Å². The van der Waals surface area contributed by atoms with Gasteiger partial charge in [-0.1, -0.05) is 0 Å². The number of nitrogens with zero attached hydrogens (tertiary/aromatic N) is 5. The molecule has 0 saturated heterocycles. The number of amides is 1. The molecule has 3 aromatic heterocycles. The number of likely N-dealkylation sites (N-methyl/N-ethyl adjacent to an activating group) is 1. The number of rotatable bonds is 4. The summed E-state index contributed by atoms with van der Waals surface area (Å²) in [6.07, 6.45) is 5.07. The van der Waals surface area contributed by atoms with Gasteiger partial charge in [-0.05, 0) is 42.1 Å². The van der Waals surface area contributed by atoms with Gasteiger partial charge >= 0.3 is 0 Å². The lowest BCUT2D eigenvalue weighted by molar-refractivity contribution is -0.130. The summed E-state index contributed by atoms with van der Waals surface area (Å²) in [5.74, 6) is 0.712. The third-order valence-electron chi connectivity index (χ3n) is 6.12. The molecule has 9 nitrogen and oxygen atoms in total. The Morgan fingerprint density at radius 2 is 1.86 bits per heavy atom. The number of aromatic nitrogens is 4. The van der Waals surface area contributed by atoms with E-state index in [1.807, 2.05) is 12.1 Å². The van der Waals surface area contributed by atoms with Crippen molar-refractivity contribution in [2.24, 2.45) is 0 Å². The number of fused-ring (bicyclic) bond motifs is 2. The molecule has 4 heterocycles. The number of carbonyl (C=O) groups excluding carboxylic acids is 1. The molecule has 0 aliphatic carbocycles. The smallest absolute Gasteiger partial charge is 0.244 e. The predicted octanol–water partition coefficient (Wildman–Crippen LogP) is 3.73. The van der Waals surface area contributed by atoms with Crippen LogP contribution in [0.25, 0.3) is 21.9 Å². The van der Waals surface area contributed by atoms with Crippen LogP contribution in [0, 0.1) is 17.5 Å². The molecular formula is C24H24FN7O2S. The Hall–Kier alpha value is -3.86. The molecule has 1 aliphatic heterocycles. The fourth-order valence-electron chi connectivity index (χ4n) is 4.11. The third kappa shape index (κ3) is 4.46. The van der Waals surface area contributed by atoms with Gasteiger partial charge in [0, 0.05) is 66.9 Å². The van der Waals surface area contributed by atoms with E-state index in [-0.39, 0.29) is 17.5 Å². The minimum atomic E-state index is -2.96. The van der Waals surface area contributed by atoms with Crippen LogP contribution in [0.15, 0.2) is 47.8 Å². The number of aryl methyl sites for hydroxylation is 1. The van der Waals surface area contributed by atoms with E-state index in [2.05, 4.69) is 20.4 Å². The lowest BCUT2D eigenvalue weighted by Gasteiger charge is -2.12. The minimum absolute atomic E-state index is 0.0126. The largest absolute Gasteiger partial charge is 0.344 e. The normalized spacial score (nSPS) is 15.5. The van der Waals surface area contributed by atoms with Crippen molar-refractivity contribution < 1.29 is 13.4 Å². The Kier molecular flexibility index (Phi) is 5.51. The molecule has 11 heteroatoms. The molecule has 0 spiro atoms. The average molecular weight is 494 g/mol. The standard InChI is InChI=1S/C24H24FN7O2S/c1-14-6-23(35(3,26)34)28-12-19(14)18-7-15-9-21(27-11-16(15)8-20(18)25)29-22-10-17-4-5-31(2)24(33)13-32(17)30-22/h6-12,26H,4-5,13H2,1-3H3,(H,27,29,30). The summed E-state index contributed by atoms with van der Waals surface area (Å²) in [5, 5.41) is 9.25. The van der Waals surface area contributed by atoms with Crippen LogP contribution in [0.2, 0.25) is 0 Å². The van der Waals surface area contributed by atoms with Crippen LogP contribution >= 0.6 is 0 Å². The molecule has 1 aliphatic rings. The zero-order chi connectivity index (χ0) is 24.9. The van der Waals surface area contributed by atoms with Crippen LogP contribution in [-0.4, -0.2) is 54.6 Å². The van der Waals surface area contributed by atoms with E-state index in [0.717, 1.165) is 11.1 Å². The Bertz CT molecular complexity index is 1600. The molecule has 35 heavy (non-hydrogen) atoms. The Labute approximate surface area is 202 Å². The van der Waals surface area contributed by atoms with Gasteiger partial charge in [-0.15, -0.1) is 0 Å². The summed E-state index contributed by atoms with van der Waals surface area (Å²) in [6, 6.07) is 8.43. The van der Waals surface area contributed by atoms with Crippen LogP contribution in [0.1, 0.15) is 11.3 Å². The highest BCUT2D eigenvalue weighted by Gasteiger charge is 2.19. The fraction of sp³-hybridized carbons (Fsp3) is 0.250. The summed E-state index contributed by atoms with van der Waals surface area (Å²) in [6.45, 7) is 2.61. The number of hydrogen-bond donors (Lipinski definition) is 2. The highest BCUT2D eigenvalue weighted by molar-refractivity contribution is 7.91. The third-order valence-corrected chi connectivity index (χ3v) is 7.14. The van der Waals surface area contributed by atoms with Gasteiger partial charge in [0.25, 0.3) is 0 Å². The van der Waals surface area contributed by atoms with Crippen molar-refractivity contribution >= 4 is 38.0 Å². The molecule has 2 N–H and O–H groups in total. The van der Waals surface area contributed by atoms with Crippen molar-refractivity contribution in [3.05, 3.63) is 59.8 Å². The van der Waals surface area contributed by atoms with Crippen LogP contribution in [0.3, 0.4) is 0 Å². The molecule has 0 fully saturated rings. The highest BCUT2D eigenvalue weighted by atomic mass is 32.2. The molecule has 1 atom stereocenters. The van der Waals surface area contributed by atoms with Gasteiger partial charge in [0.05, 0.1) is 9.73 Å².